The van der Waals surface area contributed by atoms with Crippen LogP contribution in [0.5, 0.6) is 0 Å². The molecule has 1 aromatic carbocycles. The Kier molecular flexibility index (Phi) is 3.20. The Hall–Kier alpha value is -1.35. The highest BCUT2D eigenvalue weighted by atomic mass is 15.2. The van der Waals surface area contributed by atoms with Crippen LogP contribution in [-0.4, -0.2) is 16.6 Å². The van der Waals surface area contributed by atoms with Crippen molar-refractivity contribution in [1.82, 2.24) is 14.9 Å². The maximum Gasteiger partial charge on any atom is 0.129 e. The van der Waals surface area contributed by atoms with Crippen LogP contribution in [0.2, 0.25) is 0 Å². The minimum absolute atomic E-state index is 0.128. The van der Waals surface area contributed by atoms with E-state index in [9.17, 15) is 0 Å². The van der Waals surface area contributed by atoms with Gasteiger partial charge in [0.05, 0.1) is 16.6 Å². The van der Waals surface area contributed by atoms with Crippen molar-refractivity contribution < 1.29 is 0 Å². The smallest absolute Gasteiger partial charge is 0.129 e. The number of hydrogen-bond acceptors (Lipinski definition) is 2. The van der Waals surface area contributed by atoms with E-state index in [0.29, 0.717) is 6.04 Å². The molecule has 1 aromatic heterocycles. The molecule has 0 aliphatic rings. The normalized spacial score (nSPS) is 12.6. The van der Waals surface area contributed by atoms with E-state index in [1.807, 2.05) is 7.05 Å². The van der Waals surface area contributed by atoms with Crippen LogP contribution >= 0.6 is 0 Å². The standard InChI is InChI=1S/C15H23N3/c1-10(2)18-13-8-7-11(3)9-12(13)17-14(18)15(4,5)16-6/h7-10,16H,1-6H3. The van der Waals surface area contributed by atoms with Crippen LogP contribution in [0, 0.1) is 6.92 Å². The van der Waals surface area contributed by atoms with Gasteiger partial charge in [0.15, 0.2) is 0 Å². The van der Waals surface area contributed by atoms with E-state index >= 15 is 0 Å². The van der Waals surface area contributed by atoms with Crippen molar-refractivity contribution in [3.05, 3.63) is 29.6 Å². The number of aromatic nitrogens is 2. The number of nitrogens with zero attached hydrogens (tertiary/aromatic N) is 2. The first-order valence-corrected chi connectivity index (χ1v) is 6.55. The van der Waals surface area contributed by atoms with Gasteiger partial charge in [0, 0.05) is 6.04 Å². The Morgan fingerprint density at radius 1 is 1.28 bits per heavy atom. The summed E-state index contributed by atoms with van der Waals surface area (Å²) in [6.07, 6.45) is 0. The maximum atomic E-state index is 4.84. The Labute approximate surface area is 109 Å². The lowest BCUT2D eigenvalue weighted by molar-refractivity contribution is 0.387. The molecule has 18 heavy (non-hydrogen) atoms. The van der Waals surface area contributed by atoms with Crippen LogP contribution < -0.4 is 5.32 Å². The molecule has 0 amide bonds. The summed E-state index contributed by atoms with van der Waals surface area (Å²) in [6.45, 7) is 10.9. The van der Waals surface area contributed by atoms with Gasteiger partial charge in [-0.2, -0.15) is 0 Å². The molecule has 1 heterocycles. The zero-order valence-electron chi connectivity index (χ0n) is 12.2. The fourth-order valence-corrected chi connectivity index (χ4v) is 2.28. The van der Waals surface area contributed by atoms with Crippen molar-refractivity contribution in [1.29, 1.82) is 0 Å². The summed E-state index contributed by atoms with van der Waals surface area (Å²) in [7, 11) is 1.98. The summed E-state index contributed by atoms with van der Waals surface area (Å²) in [4.78, 5) is 4.84. The maximum absolute atomic E-state index is 4.84. The average Bonchev–Trinajstić information content (AvgIpc) is 2.68. The van der Waals surface area contributed by atoms with Gasteiger partial charge in [-0.1, -0.05) is 6.07 Å². The number of fused-ring (bicyclic) bond motifs is 1. The fraction of sp³-hybridized carbons (Fsp3) is 0.533. The summed E-state index contributed by atoms with van der Waals surface area (Å²) in [6, 6.07) is 6.88. The molecular formula is C15H23N3. The molecule has 0 saturated carbocycles. The van der Waals surface area contributed by atoms with Crippen molar-refractivity contribution in [2.24, 2.45) is 0 Å². The third-order valence-electron chi connectivity index (χ3n) is 3.55. The summed E-state index contributed by atoms with van der Waals surface area (Å²) < 4.78 is 2.32. The molecule has 0 atom stereocenters. The number of aryl methyl sites for hydroxylation is 1. The van der Waals surface area contributed by atoms with Gasteiger partial charge in [-0.25, -0.2) is 4.98 Å². The zero-order chi connectivity index (χ0) is 13.5. The molecule has 0 fully saturated rings. The fourth-order valence-electron chi connectivity index (χ4n) is 2.28. The zero-order valence-corrected chi connectivity index (χ0v) is 12.2. The SMILES string of the molecule is CNC(C)(C)c1nc2cc(C)ccc2n1C(C)C. The van der Waals surface area contributed by atoms with Gasteiger partial charge >= 0.3 is 0 Å². The highest BCUT2D eigenvalue weighted by Gasteiger charge is 2.26. The lowest BCUT2D eigenvalue weighted by Gasteiger charge is -2.26. The monoisotopic (exact) mass is 245 g/mol. The van der Waals surface area contributed by atoms with Crippen LogP contribution in [0.3, 0.4) is 0 Å². The van der Waals surface area contributed by atoms with Gasteiger partial charge in [0.1, 0.15) is 5.82 Å². The van der Waals surface area contributed by atoms with Crippen molar-refractivity contribution in [3.8, 4) is 0 Å². The van der Waals surface area contributed by atoms with Gasteiger partial charge in [-0.3, -0.25) is 0 Å². The minimum Gasteiger partial charge on any atom is -0.324 e. The van der Waals surface area contributed by atoms with Gasteiger partial charge in [0.25, 0.3) is 0 Å². The Morgan fingerprint density at radius 3 is 2.50 bits per heavy atom. The average molecular weight is 245 g/mol. The number of benzene rings is 1. The Balaban J connectivity index is 2.77. The highest BCUT2D eigenvalue weighted by molar-refractivity contribution is 5.77. The first-order valence-electron chi connectivity index (χ1n) is 6.55. The van der Waals surface area contributed by atoms with Crippen molar-refractivity contribution in [3.63, 3.8) is 0 Å². The van der Waals surface area contributed by atoms with E-state index in [1.54, 1.807) is 0 Å². The topological polar surface area (TPSA) is 29.9 Å². The predicted octanol–water partition coefficient (Wildman–Crippen LogP) is 3.38. The number of nitrogens with one attached hydrogen (secondary N) is 1. The van der Waals surface area contributed by atoms with Gasteiger partial charge in [-0.05, 0) is 59.4 Å². The third-order valence-corrected chi connectivity index (χ3v) is 3.55. The summed E-state index contributed by atoms with van der Waals surface area (Å²) >= 11 is 0. The second-order valence-electron chi connectivity index (χ2n) is 5.77. The number of hydrogen-bond donors (Lipinski definition) is 1. The number of imidazole rings is 1. The highest BCUT2D eigenvalue weighted by Crippen LogP contribution is 2.28. The Bertz CT molecular complexity index is 564. The van der Waals surface area contributed by atoms with Gasteiger partial charge in [-0.15, -0.1) is 0 Å². The molecule has 1 N–H and O–H groups in total. The van der Waals surface area contributed by atoms with Crippen molar-refractivity contribution >= 4 is 11.0 Å². The molecule has 2 rings (SSSR count). The summed E-state index contributed by atoms with van der Waals surface area (Å²) in [5.41, 5.74) is 3.43. The second-order valence-corrected chi connectivity index (χ2v) is 5.77. The molecule has 0 radical (unpaired) electrons. The van der Waals surface area contributed by atoms with E-state index in [2.05, 4.69) is 62.7 Å². The third kappa shape index (κ3) is 2.03. The van der Waals surface area contributed by atoms with Gasteiger partial charge < -0.3 is 9.88 Å². The first-order chi connectivity index (χ1) is 8.36. The second kappa shape index (κ2) is 4.39. The van der Waals surface area contributed by atoms with E-state index in [-0.39, 0.29) is 5.54 Å². The molecule has 0 bridgehead atoms. The Morgan fingerprint density at radius 2 is 1.94 bits per heavy atom. The quantitative estimate of drug-likeness (QED) is 0.898. The van der Waals surface area contributed by atoms with E-state index in [4.69, 9.17) is 4.98 Å². The number of rotatable bonds is 3. The molecule has 3 heteroatoms. The lowest BCUT2D eigenvalue weighted by Crippen LogP contribution is -2.36. The molecule has 0 spiro atoms. The predicted molar refractivity (Wildman–Crippen MR) is 76.9 cm³/mol. The van der Waals surface area contributed by atoms with E-state index < -0.39 is 0 Å². The molecular weight excluding hydrogens is 222 g/mol. The molecule has 0 saturated heterocycles. The van der Waals surface area contributed by atoms with Crippen LogP contribution in [0.25, 0.3) is 11.0 Å². The van der Waals surface area contributed by atoms with Crippen LogP contribution in [-0.2, 0) is 5.54 Å². The van der Waals surface area contributed by atoms with Crippen LogP contribution in [0.1, 0.15) is 45.1 Å². The minimum atomic E-state index is -0.128. The molecule has 98 valence electrons. The lowest BCUT2D eigenvalue weighted by atomic mass is 10.0. The first kappa shape index (κ1) is 13.1. The van der Waals surface area contributed by atoms with Gasteiger partial charge in [0.2, 0.25) is 0 Å². The largest absolute Gasteiger partial charge is 0.324 e. The van der Waals surface area contributed by atoms with Crippen LogP contribution in [0.4, 0.5) is 0 Å². The molecule has 0 aliphatic carbocycles. The summed E-state index contributed by atoms with van der Waals surface area (Å²) in [5.74, 6) is 1.10. The van der Waals surface area contributed by atoms with Crippen molar-refractivity contribution in [2.75, 3.05) is 7.05 Å². The van der Waals surface area contributed by atoms with E-state index in [1.165, 1.54) is 11.1 Å². The molecule has 3 nitrogen and oxygen atoms in total. The molecule has 0 aliphatic heterocycles. The summed E-state index contributed by atoms with van der Waals surface area (Å²) in [5, 5.41) is 3.35. The molecule has 2 aromatic rings. The van der Waals surface area contributed by atoms with Crippen molar-refractivity contribution in [2.45, 2.75) is 46.2 Å². The van der Waals surface area contributed by atoms with E-state index in [0.717, 1.165) is 11.3 Å². The molecule has 0 unspecified atom stereocenters. The van der Waals surface area contributed by atoms with Crippen LogP contribution in [0.15, 0.2) is 18.2 Å².